The van der Waals surface area contributed by atoms with Crippen LogP contribution in [0.2, 0.25) is 0 Å². The fraction of sp³-hybridized carbons (Fsp3) is 0.771. The van der Waals surface area contributed by atoms with Crippen LogP contribution in [0, 0.1) is 0 Å². The topological polar surface area (TPSA) is 78.9 Å². The van der Waals surface area contributed by atoms with Gasteiger partial charge in [0.15, 0.2) is 6.10 Å². The van der Waals surface area contributed by atoms with Crippen molar-refractivity contribution in [3.8, 4) is 0 Å². The first-order chi connectivity index (χ1) is 26.5. The highest BCUT2D eigenvalue weighted by molar-refractivity contribution is 5.72. The van der Waals surface area contributed by atoms with E-state index in [-0.39, 0.29) is 31.6 Å². The van der Waals surface area contributed by atoms with Gasteiger partial charge in [-0.15, -0.1) is 0 Å². The van der Waals surface area contributed by atoms with Crippen LogP contribution in [0.4, 0.5) is 0 Å². The van der Waals surface area contributed by atoms with Crippen LogP contribution >= 0.6 is 0 Å². The summed E-state index contributed by atoms with van der Waals surface area (Å²) in [6, 6.07) is 0. The summed E-state index contributed by atoms with van der Waals surface area (Å²) < 4.78 is 16.6. The van der Waals surface area contributed by atoms with Crippen LogP contribution in [0.15, 0.2) is 48.6 Å². The number of allylic oxidation sites excluding steroid dienone is 7. The number of hydrogen-bond donors (Lipinski definition) is 0. The average molecular weight is 757 g/mol. The molecule has 0 radical (unpaired) electrons. The average Bonchev–Trinajstić information content (AvgIpc) is 3.17. The first-order valence-corrected chi connectivity index (χ1v) is 22.6. The molecule has 0 aromatic carbocycles. The normalized spacial score (nSPS) is 12.4. The summed E-state index contributed by atoms with van der Waals surface area (Å²) >= 11 is 0. The summed E-state index contributed by atoms with van der Waals surface area (Å²) in [4.78, 5) is 37.6. The molecule has 0 aliphatic rings. The molecule has 54 heavy (non-hydrogen) atoms. The van der Waals surface area contributed by atoms with Crippen LogP contribution < -0.4 is 0 Å². The van der Waals surface area contributed by atoms with E-state index >= 15 is 0 Å². The zero-order chi connectivity index (χ0) is 39.4. The van der Waals surface area contributed by atoms with Gasteiger partial charge in [0.25, 0.3) is 0 Å². The zero-order valence-corrected chi connectivity index (χ0v) is 35.5. The van der Waals surface area contributed by atoms with Crippen molar-refractivity contribution in [3.05, 3.63) is 48.6 Å². The summed E-state index contributed by atoms with van der Waals surface area (Å²) in [5.74, 6) is -1.04. The number of rotatable bonds is 40. The van der Waals surface area contributed by atoms with E-state index in [0.29, 0.717) is 12.8 Å². The quantitative estimate of drug-likeness (QED) is 0.0268. The molecule has 0 aliphatic carbocycles. The van der Waals surface area contributed by atoms with Crippen molar-refractivity contribution >= 4 is 17.9 Å². The van der Waals surface area contributed by atoms with E-state index in [4.69, 9.17) is 14.2 Å². The fourth-order valence-electron chi connectivity index (χ4n) is 6.19. The second-order valence-corrected chi connectivity index (χ2v) is 14.9. The first-order valence-electron chi connectivity index (χ1n) is 22.6. The van der Waals surface area contributed by atoms with Crippen LogP contribution in [0.3, 0.4) is 0 Å². The van der Waals surface area contributed by atoms with E-state index in [2.05, 4.69) is 57.2 Å². The molecule has 1 atom stereocenters. The Morgan fingerprint density at radius 1 is 0.407 bits per heavy atom. The van der Waals surface area contributed by atoms with Crippen molar-refractivity contribution in [3.63, 3.8) is 0 Å². The summed E-state index contributed by atoms with van der Waals surface area (Å²) in [5, 5.41) is 0. The highest BCUT2D eigenvalue weighted by Gasteiger charge is 2.19. The third-order valence-corrected chi connectivity index (χ3v) is 9.60. The van der Waals surface area contributed by atoms with E-state index in [1.165, 1.54) is 109 Å². The molecule has 0 spiro atoms. The van der Waals surface area contributed by atoms with Gasteiger partial charge < -0.3 is 14.2 Å². The lowest BCUT2D eigenvalue weighted by Crippen LogP contribution is -2.30. The molecular formula is C48H84O6. The van der Waals surface area contributed by atoms with Crippen LogP contribution in [-0.4, -0.2) is 37.2 Å². The van der Waals surface area contributed by atoms with E-state index in [0.717, 1.165) is 70.6 Å². The minimum Gasteiger partial charge on any atom is -0.462 e. The molecule has 0 aliphatic heterocycles. The number of ether oxygens (including phenoxy) is 3. The van der Waals surface area contributed by atoms with Crippen LogP contribution in [0.1, 0.15) is 220 Å². The fourth-order valence-corrected chi connectivity index (χ4v) is 6.19. The SMILES string of the molecule is CC/C=C\C/C=C\C/C=C\CC(=O)OCC(COC(=O)CCCCCCCCCCCCCCCCCC)OC(=O)CCCCCCC/C=C\CCCC. The van der Waals surface area contributed by atoms with Crippen molar-refractivity contribution < 1.29 is 28.6 Å². The van der Waals surface area contributed by atoms with Crippen molar-refractivity contribution in [1.82, 2.24) is 0 Å². The molecule has 0 amide bonds. The lowest BCUT2D eigenvalue weighted by molar-refractivity contribution is -0.166. The Kier molecular flexibility index (Phi) is 41.0. The summed E-state index contributed by atoms with van der Waals surface area (Å²) in [7, 11) is 0. The molecule has 0 bridgehead atoms. The van der Waals surface area contributed by atoms with Gasteiger partial charge in [-0.2, -0.15) is 0 Å². The molecule has 6 heteroatoms. The van der Waals surface area contributed by atoms with Gasteiger partial charge in [0.2, 0.25) is 0 Å². The predicted molar refractivity (Wildman–Crippen MR) is 229 cm³/mol. The Morgan fingerprint density at radius 2 is 0.815 bits per heavy atom. The number of unbranched alkanes of at least 4 members (excludes halogenated alkanes) is 22. The van der Waals surface area contributed by atoms with Crippen molar-refractivity contribution in [2.75, 3.05) is 13.2 Å². The Labute approximate surface area is 333 Å². The zero-order valence-electron chi connectivity index (χ0n) is 35.5. The van der Waals surface area contributed by atoms with E-state index in [1.54, 1.807) is 6.08 Å². The molecule has 0 saturated heterocycles. The number of carbonyl (C=O) groups excluding carboxylic acids is 3. The van der Waals surface area contributed by atoms with E-state index in [9.17, 15) is 14.4 Å². The van der Waals surface area contributed by atoms with Gasteiger partial charge in [-0.1, -0.05) is 198 Å². The molecule has 0 rings (SSSR count). The van der Waals surface area contributed by atoms with Crippen molar-refractivity contribution in [2.24, 2.45) is 0 Å². The molecule has 0 aromatic rings. The van der Waals surface area contributed by atoms with Gasteiger partial charge in [-0.25, -0.2) is 0 Å². The number of esters is 3. The first kappa shape index (κ1) is 51.4. The maximum absolute atomic E-state index is 12.7. The standard InChI is InChI=1S/C48H84O6/c1-4-7-10-13-16-19-21-22-23-24-25-27-29-32-35-38-41-47(50)53-44-45(43-52-46(49)40-37-34-31-28-18-15-12-9-6-3)54-48(51)42-39-36-33-30-26-20-17-14-11-8-5-2/h9,12,14,17-18,28,34,37,45H,4-8,10-11,13,15-16,19-27,29-33,35-36,38-44H2,1-3H3/b12-9-,17-14-,28-18-,37-34-. The van der Waals surface area contributed by atoms with E-state index < -0.39 is 12.1 Å². The monoisotopic (exact) mass is 757 g/mol. The molecule has 312 valence electrons. The molecule has 0 fully saturated rings. The summed E-state index contributed by atoms with van der Waals surface area (Å²) in [5.41, 5.74) is 0. The Balaban J connectivity index is 4.37. The lowest BCUT2D eigenvalue weighted by Gasteiger charge is -2.18. The van der Waals surface area contributed by atoms with Gasteiger partial charge in [0, 0.05) is 12.8 Å². The minimum absolute atomic E-state index is 0.102. The molecule has 0 aromatic heterocycles. The largest absolute Gasteiger partial charge is 0.462 e. The predicted octanol–water partition coefficient (Wildman–Crippen LogP) is 14.4. The van der Waals surface area contributed by atoms with Gasteiger partial charge in [0.05, 0.1) is 6.42 Å². The molecule has 6 nitrogen and oxygen atoms in total. The molecular weight excluding hydrogens is 673 g/mol. The minimum atomic E-state index is -0.807. The number of hydrogen-bond acceptors (Lipinski definition) is 6. The Morgan fingerprint density at radius 3 is 1.33 bits per heavy atom. The van der Waals surface area contributed by atoms with Crippen molar-refractivity contribution in [1.29, 1.82) is 0 Å². The molecule has 1 unspecified atom stereocenters. The van der Waals surface area contributed by atoms with E-state index in [1.807, 2.05) is 6.08 Å². The van der Waals surface area contributed by atoms with Crippen molar-refractivity contribution in [2.45, 2.75) is 226 Å². The highest BCUT2D eigenvalue weighted by Crippen LogP contribution is 2.15. The van der Waals surface area contributed by atoms with Crippen LogP contribution in [0.25, 0.3) is 0 Å². The van der Waals surface area contributed by atoms with Gasteiger partial charge in [0.1, 0.15) is 13.2 Å². The lowest BCUT2D eigenvalue weighted by atomic mass is 10.0. The van der Waals surface area contributed by atoms with Gasteiger partial charge in [-0.3, -0.25) is 14.4 Å². The van der Waals surface area contributed by atoms with Gasteiger partial charge in [-0.05, 0) is 51.4 Å². The maximum atomic E-state index is 12.7. The Hall–Kier alpha value is -2.63. The third kappa shape index (κ3) is 40.6. The van der Waals surface area contributed by atoms with Crippen LogP contribution in [0.5, 0.6) is 0 Å². The summed E-state index contributed by atoms with van der Waals surface area (Å²) in [6.07, 6.45) is 49.9. The second kappa shape index (κ2) is 43.1. The highest BCUT2D eigenvalue weighted by atomic mass is 16.6. The Bertz CT molecular complexity index is 964. The van der Waals surface area contributed by atoms with Crippen LogP contribution in [-0.2, 0) is 28.6 Å². The molecule has 0 heterocycles. The third-order valence-electron chi connectivity index (χ3n) is 9.60. The molecule has 0 N–H and O–H groups in total. The summed E-state index contributed by atoms with van der Waals surface area (Å²) in [6.45, 7) is 6.37. The number of carbonyl (C=O) groups is 3. The van der Waals surface area contributed by atoms with Gasteiger partial charge >= 0.3 is 17.9 Å². The second-order valence-electron chi connectivity index (χ2n) is 14.9. The maximum Gasteiger partial charge on any atom is 0.309 e. The molecule has 0 saturated carbocycles. The smallest absolute Gasteiger partial charge is 0.309 e.